The maximum atomic E-state index is 13.7. The first-order chi connectivity index (χ1) is 20.9. The molecular formula is C34H34N6O3. The fourth-order valence-corrected chi connectivity index (χ4v) is 5.17. The summed E-state index contributed by atoms with van der Waals surface area (Å²) in [4.78, 5) is 31.0. The summed E-state index contributed by atoms with van der Waals surface area (Å²) >= 11 is 0. The average molecular weight is 575 g/mol. The van der Waals surface area contributed by atoms with E-state index >= 15 is 0 Å². The molecule has 4 aromatic carbocycles. The van der Waals surface area contributed by atoms with Gasteiger partial charge in [0, 0.05) is 43.2 Å². The molecule has 1 aliphatic heterocycles. The summed E-state index contributed by atoms with van der Waals surface area (Å²) in [5.41, 5.74) is 4.87. The molecule has 9 nitrogen and oxygen atoms in total. The number of rotatable bonds is 8. The van der Waals surface area contributed by atoms with Crippen molar-refractivity contribution in [2.24, 2.45) is 0 Å². The number of hydrogen-bond acceptors (Lipinski definition) is 6. The lowest BCUT2D eigenvalue weighted by Gasteiger charge is -2.38. The highest BCUT2D eigenvalue weighted by atomic mass is 16.5. The van der Waals surface area contributed by atoms with E-state index in [4.69, 9.17) is 10.00 Å². The number of nitrogens with zero attached hydrogens (tertiary/aromatic N) is 3. The summed E-state index contributed by atoms with van der Waals surface area (Å²) in [7, 11) is 1.68. The summed E-state index contributed by atoms with van der Waals surface area (Å²) in [6.07, 6.45) is 0. The number of carbonyl (C=O) groups excluding carboxylic acids is 2. The van der Waals surface area contributed by atoms with Gasteiger partial charge in [0.1, 0.15) is 5.75 Å². The van der Waals surface area contributed by atoms with E-state index < -0.39 is 6.03 Å². The Kier molecular flexibility index (Phi) is 9.08. The summed E-state index contributed by atoms with van der Waals surface area (Å²) in [6.45, 7) is 4.88. The van der Waals surface area contributed by atoms with Crippen LogP contribution in [0, 0.1) is 11.3 Å². The van der Waals surface area contributed by atoms with Crippen molar-refractivity contribution in [2.75, 3.05) is 53.7 Å². The number of urea groups is 1. The zero-order valence-electron chi connectivity index (χ0n) is 24.2. The Hall–Kier alpha value is -5.49. The van der Waals surface area contributed by atoms with Crippen molar-refractivity contribution in [2.45, 2.75) is 13.0 Å². The molecule has 3 amide bonds. The summed E-state index contributed by atoms with van der Waals surface area (Å²) in [5.74, 6) is 0.607. The highest BCUT2D eigenvalue weighted by molar-refractivity contribution is 6.04. The van der Waals surface area contributed by atoms with Gasteiger partial charge in [0.15, 0.2) is 0 Å². The Bertz CT molecular complexity index is 1610. The van der Waals surface area contributed by atoms with Crippen LogP contribution >= 0.6 is 0 Å². The fraction of sp³-hybridized carbons (Fsp3) is 0.206. The molecule has 0 aromatic heterocycles. The van der Waals surface area contributed by atoms with Crippen molar-refractivity contribution in [1.29, 1.82) is 5.26 Å². The second-order valence-corrected chi connectivity index (χ2v) is 10.3. The van der Waals surface area contributed by atoms with Crippen molar-refractivity contribution in [3.05, 3.63) is 114 Å². The van der Waals surface area contributed by atoms with Crippen molar-refractivity contribution in [3.8, 4) is 11.8 Å². The molecule has 0 bridgehead atoms. The molecule has 1 unspecified atom stereocenters. The molecule has 43 heavy (non-hydrogen) atoms. The zero-order chi connectivity index (χ0) is 30.2. The Labute approximate surface area is 251 Å². The van der Waals surface area contributed by atoms with Gasteiger partial charge < -0.3 is 30.5 Å². The van der Waals surface area contributed by atoms with Gasteiger partial charge in [0.2, 0.25) is 0 Å². The van der Waals surface area contributed by atoms with E-state index in [9.17, 15) is 9.59 Å². The van der Waals surface area contributed by atoms with E-state index in [0.717, 1.165) is 35.8 Å². The van der Waals surface area contributed by atoms with Gasteiger partial charge in [-0.05, 0) is 67.1 Å². The molecule has 1 aliphatic rings. The van der Waals surface area contributed by atoms with Gasteiger partial charge >= 0.3 is 6.03 Å². The number of nitriles is 1. The average Bonchev–Trinajstić information content (AvgIpc) is 3.05. The Balaban J connectivity index is 1.35. The second-order valence-electron chi connectivity index (χ2n) is 10.3. The standard InChI is InChI=1S/C34H34N6O3/c1-24(26-8-4-3-5-9-26)36-33(41)29-22-28(38-34(42)37-27-14-12-25(23-35)13-15-27)16-17-30(29)39-18-20-40(21-19-39)31-10-6-7-11-32(31)43-2/h3-17,22,24H,18-21H2,1-2H3,(H,36,41)(H2,37,38,42). The number of para-hydroxylation sites is 2. The fourth-order valence-electron chi connectivity index (χ4n) is 5.17. The minimum atomic E-state index is -0.452. The van der Waals surface area contributed by atoms with Crippen LogP contribution in [0.1, 0.15) is 34.5 Å². The third-order valence-corrected chi connectivity index (χ3v) is 7.46. The van der Waals surface area contributed by atoms with Crippen LogP contribution in [0.3, 0.4) is 0 Å². The predicted octanol–water partition coefficient (Wildman–Crippen LogP) is 6.03. The van der Waals surface area contributed by atoms with Crippen LogP contribution in [0.4, 0.5) is 27.5 Å². The van der Waals surface area contributed by atoms with Gasteiger partial charge in [0.25, 0.3) is 5.91 Å². The number of anilines is 4. The monoisotopic (exact) mass is 574 g/mol. The predicted molar refractivity (Wildman–Crippen MR) is 170 cm³/mol. The molecule has 0 saturated carbocycles. The quantitative estimate of drug-likeness (QED) is 0.237. The normalized spacial score (nSPS) is 13.4. The number of nitrogens with one attached hydrogen (secondary N) is 3. The lowest BCUT2D eigenvalue weighted by molar-refractivity contribution is 0.0940. The van der Waals surface area contributed by atoms with E-state index in [1.807, 2.05) is 61.5 Å². The van der Waals surface area contributed by atoms with E-state index in [-0.39, 0.29) is 11.9 Å². The third-order valence-electron chi connectivity index (χ3n) is 7.46. The van der Waals surface area contributed by atoms with Crippen molar-refractivity contribution in [1.82, 2.24) is 5.32 Å². The van der Waals surface area contributed by atoms with Crippen LogP contribution in [0.25, 0.3) is 0 Å². The lowest BCUT2D eigenvalue weighted by Crippen LogP contribution is -2.47. The molecule has 4 aromatic rings. The zero-order valence-corrected chi connectivity index (χ0v) is 24.2. The Morgan fingerprint density at radius 3 is 2.07 bits per heavy atom. The number of hydrogen-bond donors (Lipinski definition) is 3. The van der Waals surface area contributed by atoms with Crippen molar-refractivity contribution >= 4 is 34.7 Å². The van der Waals surface area contributed by atoms with Gasteiger partial charge in [-0.3, -0.25) is 4.79 Å². The molecule has 0 aliphatic carbocycles. The first kappa shape index (κ1) is 29.0. The topological polar surface area (TPSA) is 110 Å². The molecule has 0 radical (unpaired) electrons. The van der Waals surface area contributed by atoms with Crippen molar-refractivity contribution < 1.29 is 14.3 Å². The first-order valence-corrected chi connectivity index (χ1v) is 14.2. The summed E-state index contributed by atoms with van der Waals surface area (Å²) in [5, 5.41) is 17.7. The minimum absolute atomic E-state index is 0.208. The molecule has 0 spiro atoms. The van der Waals surface area contributed by atoms with Crippen LogP contribution in [0.15, 0.2) is 97.1 Å². The molecule has 5 rings (SSSR count). The highest BCUT2D eigenvalue weighted by Gasteiger charge is 2.24. The first-order valence-electron chi connectivity index (χ1n) is 14.2. The number of amides is 3. The maximum absolute atomic E-state index is 13.7. The van der Waals surface area contributed by atoms with Gasteiger partial charge in [-0.1, -0.05) is 42.5 Å². The Morgan fingerprint density at radius 2 is 1.40 bits per heavy atom. The molecule has 1 saturated heterocycles. The van der Waals surface area contributed by atoms with Crippen LogP contribution in [0.2, 0.25) is 0 Å². The van der Waals surface area contributed by atoms with Gasteiger partial charge in [-0.15, -0.1) is 0 Å². The van der Waals surface area contributed by atoms with E-state index in [0.29, 0.717) is 35.6 Å². The molecule has 9 heteroatoms. The summed E-state index contributed by atoms with van der Waals surface area (Å²) in [6, 6.07) is 31.2. The van der Waals surface area contributed by atoms with Gasteiger partial charge in [-0.2, -0.15) is 5.26 Å². The number of ether oxygens (including phenoxy) is 1. The largest absolute Gasteiger partial charge is 0.495 e. The molecule has 218 valence electrons. The molecular weight excluding hydrogens is 540 g/mol. The third kappa shape index (κ3) is 7.05. The minimum Gasteiger partial charge on any atom is -0.495 e. The summed E-state index contributed by atoms with van der Waals surface area (Å²) < 4.78 is 5.57. The van der Waals surface area contributed by atoms with E-state index in [2.05, 4.69) is 37.9 Å². The number of methoxy groups -OCH3 is 1. The van der Waals surface area contributed by atoms with Crippen LogP contribution in [-0.2, 0) is 0 Å². The van der Waals surface area contributed by atoms with Crippen LogP contribution < -0.4 is 30.5 Å². The molecule has 1 heterocycles. The lowest BCUT2D eigenvalue weighted by atomic mass is 10.1. The van der Waals surface area contributed by atoms with Gasteiger partial charge in [0.05, 0.1) is 36.0 Å². The SMILES string of the molecule is COc1ccccc1N1CCN(c2ccc(NC(=O)Nc3ccc(C#N)cc3)cc2C(=O)NC(C)c2ccccc2)CC1. The number of piperazine rings is 1. The molecule has 1 fully saturated rings. The van der Waals surface area contributed by atoms with Gasteiger partial charge in [-0.25, -0.2) is 4.79 Å². The molecule has 3 N–H and O–H groups in total. The second kappa shape index (κ2) is 13.4. The van der Waals surface area contributed by atoms with Crippen LogP contribution in [-0.4, -0.2) is 45.2 Å². The highest BCUT2D eigenvalue weighted by Crippen LogP contribution is 2.31. The van der Waals surface area contributed by atoms with Crippen molar-refractivity contribution in [3.63, 3.8) is 0 Å². The number of benzene rings is 4. The van der Waals surface area contributed by atoms with E-state index in [1.54, 1.807) is 43.5 Å². The molecule has 1 atom stereocenters. The smallest absolute Gasteiger partial charge is 0.323 e. The van der Waals surface area contributed by atoms with Crippen LogP contribution in [0.5, 0.6) is 5.75 Å². The van der Waals surface area contributed by atoms with E-state index in [1.165, 1.54) is 0 Å². The number of carbonyl (C=O) groups is 2. The maximum Gasteiger partial charge on any atom is 0.323 e. The Morgan fingerprint density at radius 1 is 0.791 bits per heavy atom.